The number of benzene rings is 1. The van der Waals surface area contributed by atoms with Crippen molar-refractivity contribution in [2.45, 2.75) is 89.9 Å². The number of nitrogens with zero attached hydrogens (tertiary/aromatic N) is 2. The Labute approximate surface area is 219 Å². The summed E-state index contributed by atoms with van der Waals surface area (Å²) >= 11 is 0. The lowest BCUT2D eigenvalue weighted by Gasteiger charge is -2.39. The van der Waals surface area contributed by atoms with Gasteiger partial charge in [-0.15, -0.1) is 0 Å². The van der Waals surface area contributed by atoms with Gasteiger partial charge in [0, 0.05) is 36.9 Å². The number of aliphatic hydroxyl groups is 1. The molecule has 0 aromatic heterocycles. The number of hydrogen-bond donors (Lipinski definition) is 2. The van der Waals surface area contributed by atoms with Crippen molar-refractivity contribution in [1.82, 2.24) is 4.90 Å². The van der Waals surface area contributed by atoms with Crippen LogP contribution in [0.3, 0.4) is 0 Å². The summed E-state index contributed by atoms with van der Waals surface area (Å²) in [4.78, 5) is 42.7. The van der Waals surface area contributed by atoms with Crippen LogP contribution in [0.25, 0.3) is 0 Å². The molecule has 2 bridgehead atoms. The van der Waals surface area contributed by atoms with Crippen LogP contribution >= 0.6 is 0 Å². The predicted octanol–water partition coefficient (Wildman–Crippen LogP) is 3.26. The summed E-state index contributed by atoms with van der Waals surface area (Å²) in [6.07, 6.45) is 4.74. The summed E-state index contributed by atoms with van der Waals surface area (Å²) in [5.41, 5.74) is 6.42. The van der Waals surface area contributed by atoms with Crippen LogP contribution < -0.4 is 10.6 Å². The average Bonchev–Trinajstić information content (AvgIpc) is 3.42. The van der Waals surface area contributed by atoms with E-state index in [1.165, 1.54) is 0 Å². The van der Waals surface area contributed by atoms with Gasteiger partial charge in [0.25, 0.3) is 11.8 Å². The van der Waals surface area contributed by atoms with Gasteiger partial charge in [-0.2, -0.15) is 0 Å². The Kier molecular flexibility index (Phi) is 6.54. The van der Waals surface area contributed by atoms with Crippen molar-refractivity contribution in [3.8, 4) is 0 Å². The molecule has 0 spiro atoms. The number of hydrogen-bond acceptors (Lipinski definition) is 6. The van der Waals surface area contributed by atoms with E-state index in [0.29, 0.717) is 44.0 Å². The highest BCUT2D eigenvalue weighted by molar-refractivity contribution is 5.95. The summed E-state index contributed by atoms with van der Waals surface area (Å²) < 4.78 is 5.72. The lowest BCUT2D eigenvalue weighted by atomic mass is 9.65. The molecule has 8 nitrogen and oxygen atoms in total. The number of aliphatic hydroxyl groups excluding tert-OH is 1. The molecular formula is C29H41N3O5. The number of esters is 1. The van der Waals surface area contributed by atoms with E-state index in [9.17, 15) is 19.5 Å². The fourth-order valence-corrected chi connectivity index (χ4v) is 7.61. The number of primary amides is 1. The van der Waals surface area contributed by atoms with Crippen molar-refractivity contribution in [2.24, 2.45) is 22.5 Å². The molecular weight excluding hydrogens is 470 g/mol. The molecule has 3 atom stereocenters. The maximum atomic E-state index is 13.4. The molecule has 4 aliphatic rings. The maximum absolute atomic E-state index is 13.4. The fraction of sp³-hybridized carbons (Fsp3) is 0.690. The molecule has 1 aromatic carbocycles. The Hall–Kier alpha value is -2.61. The lowest BCUT2D eigenvalue weighted by molar-refractivity contribution is -0.176. The first-order chi connectivity index (χ1) is 17.4. The third-order valence-corrected chi connectivity index (χ3v) is 9.18. The van der Waals surface area contributed by atoms with E-state index in [1.807, 2.05) is 24.3 Å². The number of fused-ring (bicyclic) bond motifs is 2. The number of carbonyl (C=O) groups is 3. The molecule has 1 aromatic rings. The monoisotopic (exact) mass is 511 g/mol. The Morgan fingerprint density at radius 1 is 1.03 bits per heavy atom. The molecule has 37 heavy (non-hydrogen) atoms. The van der Waals surface area contributed by atoms with Crippen LogP contribution in [0.4, 0.5) is 5.69 Å². The first-order valence-electron chi connectivity index (χ1n) is 13.8. The Bertz CT molecular complexity index is 1060. The van der Waals surface area contributed by atoms with E-state index >= 15 is 0 Å². The third kappa shape index (κ3) is 5.09. The van der Waals surface area contributed by atoms with Crippen LogP contribution in [-0.4, -0.2) is 65.2 Å². The Morgan fingerprint density at radius 3 is 2.35 bits per heavy atom. The van der Waals surface area contributed by atoms with E-state index in [1.54, 1.807) is 0 Å². The number of carbonyl (C=O) groups excluding carboxylic acids is 3. The third-order valence-electron chi connectivity index (χ3n) is 9.18. The molecule has 5 rings (SSSR count). The average molecular weight is 512 g/mol. The number of rotatable bonds is 5. The van der Waals surface area contributed by atoms with Crippen molar-refractivity contribution >= 4 is 23.5 Å². The first kappa shape index (κ1) is 26.0. The minimum atomic E-state index is -1.31. The summed E-state index contributed by atoms with van der Waals surface area (Å²) in [5, 5.41) is 9.79. The van der Waals surface area contributed by atoms with Crippen LogP contribution in [-0.2, 0) is 14.3 Å². The topological polar surface area (TPSA) is 113 Å². The molecule has 2 aliphatic heterocycles. The number of likely N-dealkylation sites (tertiary alicyclic amines) is 1. The molecule has 2 saturated carbocycles. The normalized spacial score (nSPS) is 34.9. The Balaban J connectivity index is 1.20. The number of amides is 2. The van der Waals surface area contributed by atoms with Crippen molar-refractivity contribution in [2.75, 3.05) is 24.5 Å². The summed E-state index contributed by atoms with van der Waals surface area (Å²) in [7, 11) is 0. The van der Waals surface area contributed by atoms with Gasteiger partial charge in [-0.05, 0) is 86.5 Å². The minimum Gasteiger partial charge on any atom is -0.449 e. The van der Waals surface area contributed by atoms with Crippen LogP contribution in [0.1, 0.15) is 82.5 Å². The highest BCUT2D eigenvalue weighted by atomic mass is 16.6. The van der Waals surface area contributed by atoms with Gasteiger partial charge in [-0.1, -0.05) is 20.8 Å². The fourth-order valence-electron chi connectivity index (χ4n) is 7.61. The minimum absolute atomic E-state index is 0.107. The maximum Gasteiger partial charge on any atom is 0.311 e. The zero-order chi connectivity index (χ0) is 26.6. The summed E-state index contributed by atoms with van der Waals surface area (Å²) in [6, 6.07) is 8.02. The zero-order valence-corrected chi connectivity index (χ0v) is 22.4. The quantitative estimate of drug-likeness (QED) is 0.587. The second-order valence-corrected chi connectivity index (χ2v) is 13.1. The van der Waals surface area contributed by atoms with Crippen LogP contribution in [0.15, 0.2) is 24.3 Å². The molecule has 2 aliphatic carbocycles. The van der Waals surface area contributed by atoms with E-state index in [0.717, 1.165) is 31.5 Å². The van der Waals surface area contributed by atoms with Crippen molar-refractivity contribution in [1.29, 1.82) is 0 Å². The first-order valence-corrected chi connectivity index (χ1v) is 13.8. The van der Waals surface area contributed by atoms with Gasteiger partial charge >= 0.3 is 5.97 Å². The van der Waals surface area contributed by atoms with Crippen LogP contribution in [0.5, 0.6) is 0 Å². The largest absolute Gasteiger partial charge is 0.449 e. The van der Waals surface area contributed by atoms with Gasteiger partial charge < -0.3 is 25.4 Å². The zero-order valence-electron chi connectivity index (χ0n) is 22.4. The molecule has 2 heterocycles. The molecule has 2 amide bonds. The second kappa shape index (κ2) is 9.29. The van der Waals surface area contributed by atoms with Gasteiger partial charge in [-0.3, -0.25) is 14.4 Å². The van der Waals surface area contributed by atoms with Crippen LogP contribution in [0.2, 0.25) is 0 Å². The van der Waals surface area contributed by atoms with Gasteiger partial charge in [0.05, 0.1) is 12.0 Å². The van der Waals surface area contributed by atoms with E-state index < -0.39 is 23.6 Å². The van der Waals surface area contributed by atoms with Crippen molar-refractivity contribution < 1.29 is 24.2 Å². The predicted molar refractivity (Wildman–Crippen MR) is 140 cm³/mol. The standard InChI is InChI=1S/C29H41N3O5/c1-27(2)14-22-15-28(3,17-27)18-32(22)24(34)19-4-6-21(7-5-19)31-13-10-20(16-31)25(35)37-29(26(30)36)11-8-23(33)9-12-29/h4-7,20,22-23,33H,8-18H2,1-3H3,(H2,30,36). The van der Waals surface area contributed by atoms with Gasteiger partial charge in [0.15, 0.2) is 5.60 Å². The number of nitrogens with two attached hydrogens (primary N) is 1. The number of anilines is 1. The van der Waals surface area contributed by atoms with Gasteiger partial charge in [-0.25, -0.2) is 0 Å². The highest BCUT2D eigenvalue weighted by Crippen LogP contribution is 2.52. The number of ether oxygens (including phenoxy) is 1. The van der Waals surface area contributed by atoms with E-state index in [4.69, 9.17) is 10.5 Å². The van der Waals surface area contributed by atoms with E-state index in [-0.39, 0.29) is 35.5 Å². The summed E-state index contributed by atoms with van der Waals surface area (Å²) in [6.45, 7) is 8.94. The molecule has 0 radical (unpaired) electrons. The summed E-state index contributed by atoms with van der Waals surface area (Å²) in [5.74, 6) is -1.28. The molecule has 8 heteroatoms. The lowest BCUT2D eigenvalue weighted by Crippen LogP contribution is -2.51. The molecule has 4 fully saturated rings. The SMILES string of the molecule is CC1(C)CC2CC(C)(CN2C(=O)c2ccc(N3CCC(C(=O)OC4(C(N)=O)CCC(O)CC4)C3)cc2)C1. The van der Waals surface area contributed by atoms with E-state index in [2.05, 4.69) is 30.6 Å². The smallest absolute Gasteiger partial charge is 0.311 e. The van der Waals surface area contributed by atoms with Crippen molar-refractivity contribution in [3.63, 3.8) is 0 Å². The van der Waals surface area contributed by atoms with Gasteiger partial charge in [0.2, 0.25) is 0 Å². The second-order valence-electron chi connectivity index (χ2n) is 13.1. The molecule has 3 N–H and O–H groups in total. The molecule has 3 unspecified atom stereocenters. The Morgan fingerprint density at radius 2 is 1.70 bits per heavy atom. The molecule has 202 valence electrons. The molecule has 2 saturated heterocycles. The van der Waals surface area contributed by atoms with Crippen molar-refractivity contribution in [3.05, 3.63) is 29.8 Å². The van der Waals surface area contributed by atoms with Crippen LogP contribution in [0, 0.1) is 16.7 Å². The van der Waals surface area contributed by atoms with Gasteiger partial charge in [0.1, 0.15) is 0 Å². The highest BCUT2D eigenvalue weighted by Gasteiger charge is 2.51.